The zero-order valence-corrected chi connectivity index (χ0v) is 49.6. The molecule has 80 heavy (non-hydrogen) atoms. The third kappa shape index (κ3) is 16.3. The van der Waals surface area contributed by atoms with E-state index in [1.165, 1.54) is 20.2 Å². The van der Waals surface area contributed by atoms with Gasteiger partial charge in [-0.2, -0.15) is 0 Å². The van der Waals surface area contributed by atoms with Crippen LogP contribution in [-0.4, -0.2) is 216 Å². The van der Waals surface area contributed by atoms with Crippen molar-refractivity contribution in [3.05, 3.63) is 45.7 Å². The van der Waals surface area contributed by atoms with Gasteiger partial charge < -0.3 is 87.8 Å². The zero-order chi connectivity index (χ0) is 59.6. The average molecular weight is 1130 g/mol. The number of alkyl carbamates (subject to hydrolysis) is 1. The second kappa shape index (κ2) is 28.8. The molecule has 0 radical (unpaired) electrons. The molecule has 0 aliphatic carbocycles. The van der Waals surface area contributed by atoms with Crippen LogP contribution in [0.5, 0.6) is 0 Å². The van der Waals surface area contributed by atoms with Gasteiger partial charge in [-0.15, -0.1) is 0 Å². The first-order chi connectivity index (χ1) is 37.5. The Bertz CT molecular complexity index is 2500. The molecule has 3 saturated heterocycles. The first kappa shape index (κ1) is 66.5. The van der Waals surface area contributed by atoms with Gasteiger partial charge in [-0.05, 0) is 120 Å². The van der Waals surface area contributed by atoms with Crippen LogP contribution >= 0.6 is 0 Å². The highest BCUT2D eigenvalue weighted by molar-refractivity contribution is 5.93. The number of amides is 1. The number of rotatable bonds is 17. The number of hydrogen-bond donors (Lipinski definition) is 6. The van der Waals surface area contributed by atoms with Crippen LogP contribution in [-0.2, 0) is 54.0 Å². The van der Waals surface area contributed by atoms with Gasteiger partial charge in [0.2, 0.25) is 5.43 Å². The molecule has 0 bridgehead atoms. The van der Waals surface area contributed by atoms with Crippen molar-refractivity contribution in [3.63, 3.8) is 0 Å². The molecule has 4 heterocycles. The third-order valence-corrected chi connectivity index (χ3v) is 16.3. The van der Waals surface area contributed by atoms with Gasteiger partial charge in [0.1, 0.15) is 41.7 Å². The molecule has 3 fully saturated rings. The lowest BCUT2D eigenvalue weighted by Gasteiger charge is -2.49. The van der Waals surface area contributed by atoms with Gasteiger partial charge in [-0.1, -0.05) is 32.6 Å². The maximum absolute atomic E-state index is 14.6. The van der Waals surface area contributed by atoms with E-state index in [1.54, 1.807) is 71.2 Å². The molecule has 1 unspecified atom stereocenters. The maximum Gasteiger partial charge on any atom is 0.407 e. The molecule has 1 aromatic carbocycles. The van der Waals surface area contributed by atoms with Crippen LogP contribution < -0.4 is 10.7 Å². The number of benzene rings is 1. The first-order valence-electron chi connectivity index (χ1n) is 28.1. The Morgan fingerprint density at radius 1 is 0.938 bits per heavy atom. The summed E-state index contributed by atoms with van der Waals surface area (Å²) in [5, 5.41) is 60.5. The molecule has 18 atom stereocenters. The Balaban J connectivity index is 1.26. The molecular formula is C58H92N4O18. The van der Waals surface area contributed by atoms with Crippen molar-refractivity contribution in [1.29, 1.82) is 0 Å². The lowest BCUT2D eigenvalue weighted by molar-refractivity contribution is -0.317. The number of carboxylic acid groups (broad SMARTS) is 1. The number of ether oxygens (including phenoxy) is 9. The smallest absolute Gasteiger partial charge is 0.407 e. The number of aromatic carboxylic acids is 1. The number of esters is 1. The highest BCUT2D eigenvalue weighted by Crippen LogP contribution is 2.41. The van der Waals surface area contributed by atoms with E-state index < -0.39 is 113 Å². The Hall–Kier alpha value is -4.32. The number of nitrogens with zero attached hydrogens (tertiary/aromatic N) is 3. The van der Waals surface area contributed by atoms with E-state index >= 15 is 0 Å². The number of nitrogens with one attached hydrogen (secondary N) is 1. The SMILES string of the molecule is CC[C@H]1OC(=O)[C@H](C)[C@@H](O[C@H]2C[C@@](C)(OC)[C@@H](OC(=O)NCCOCCOCC#Cc3ccc4c(c3)c(=O)c(C(=O)O)cn4CC)[C@H](C)O2)[C@H](C)[C@@H](O[C@@H]2O[C@H](C)CC(N(C)C)[C@H]2O)[C@](C)(O)C[C@@H](C)CN(C)[C@H](C)[C@@H](O)[C@]1(C)O. The lowest BCUT2D eigenvalue weighted by Crippen LogP contribution is -2.61. The minimum atomic E-state index is -1.87. The number of aliphatic hydroxyl groups excluding tert-OH is 2. The molecule has 22 nitrogen and oxygen atoms in total. The summed E-state index contributed by atoms with van der Waals surface area (Å²) < 4.78 is 57.5. The topological polar surface area (TPSA) is 276 Å². The normalized spacial score (nSPS) is 36.0. The number of likely N-dealkylation sites (N-methyl/N-ethyl adjacent to an activating group) is 2. The van der Waals surface area contributed by atoms with Crippen molar-refractivity contribution in [2.75, 3.05) is 67.8 Å². The fourth-order valence-electron chi connectivity index (χ4n) is 11.7. The van der Waals surface area contributed by atoms with Crippen LogP contribution in [0.1, 0.15) is 118 Å². The standard InChI is InChI=1S/C58H92N4O18/c1-16-44-58(11,71)49(65)37(7)61(14)31-33(3)29-56(9,70)50(79-54-47(64)43(60(12)13)27-34(4)75-54)35(5)48(36(6)53(68)77-44)78-45-30-57(10,72-15)51(38(8)76-45)80-55(69)59-22-24-74-26-25-73-23-18-19-39-20-21-42-40(28-39)46(63)41(52(66)67)32-62(42)17-2/h20-21,28,32-38,43-45,47-51,54,64-65,70-71H,16-17,22-27,29-31H2,1-15H3,(H,59,69)(H,66,67)/t33-,34-,35+,36-,37-,38+,43?,44-,45+,47-,48+,49-,50-,51+,54+,56-,57-,58-/m1/s1. The number of hydrogen-bond acceptors (Lipinski definition) is 19. The van der Waals surface area contributed by atoms with E-state index in [1.807, 2.05) is 51.7 Å². The zero-order valence-electron chi connectivity index (χ0n) is 49.6. The van der Waals surface area contributed by atoms with Gasteiger partial charge >= 0.3 is 18.0 Å². The molecule has 5 rings (SSSR count). The number of cyclic esters (lactones) is 1. The van der Waals surface area contributed by atoms with E-state index in [0.717, 1.165) is 0 Å². The third-order valence-electron chi connectivity index (χ3n) is 16.3. The molecule has 452 valence electrons. The predicted octanol–water partition coefficient (Wildman–Crippen LogP) is 3.75. The molecule has 0 spiro atoms. The van der Waals surface area contributed by atoms with Crippen molar-refractivity contribution in [3.8, 4) is 11.8 Å². The minimum absolute atomic E-state index is 0.00826. The van der Waals surface area contributed by atoms with Crippen molar-refractivity contribution in [2.24, 2.45) is 17.8 Å². The summed E-state index contributed by atoms with van der Waals surface area (Å²) in [5.41, 5.74) is -4.45. The number of carbonyl (C=O) groups excluding carboxylic acids is 2. The van der Waals surface area contributed by atoms with Crippen LogP contribution in [0.25, 0.3) is 10.9 Å². The van der Waals surface area contributed by atoms with E-state index in [9.17, 15) is 44.7 Å². The fourth-order valence-corrected chi connectivity index (χ4v) is 11.7. The summed E-state index contributed by atoms with van der Waals surface area (Å²) in [7, 11) is 7.03. The predicted molar refractivity (Wildman–Crippen MR) is 296 cm³/mol. The van der Waals surface area contributed by atoms with Crippen LogP contribution in [0.4, 0.5) is 4.79 Å². The Kier molecular flexibility index (Phi) is 23.9. The fraction of sp³-hybridized carbons (Fsp3) is 0.759. The van der Waals surface area contributed by atoms with E-state index in [0.29, 0.717) is 30.6 Å². The van der Waals surface area contributed by atoms with Crippen LogP contribution in [0.15, 0.2) is 29.2 Å². The molecule has 3 aliphatic rings. The highest BCUT2D eigenvalue weighted by atomic mass is 16.7. The van der Waals surface area contributed by atoms with Crippen molar-refractivity contribution >= 4 is 28.9 Å². The Labute approximate surface area is 471 Å². The summed E-state index contributed by atoms with van der Waals surface area (Å²) in [5.74, 6) is 1.62. The number of fused-ring (bicyclic) bond motifs is 1. The number of carboxylic acids is 1. The quantitative estimate of drug-likeness (QED) is 0.0748. The molecule has 6 N–H and O–H groups in total. The average Bonchev–Trinajstić information content (AvgIpc) is 3.55. The number of aryl methyl sites for hydroxylation is 1. The number of aliphatic hydroxyl groups is 4. The van der Waals surface area contributed by atoms with Gasteiger partial charge in [0.05, 0.1) is 61.3 Å². The summed E-state index contributed by atoms with van der Waals surface area (Å²) >= 11 is 0. The largest absolute Gasteiger partial charge is 0.477 e. The number of aromatic nitrogens is 1. The monoisotopic (exact) mass is 1130 g/mol. The lowest BCUT2D eigenvalue weighted by atomic mass is 9.77. The summed E-state index contributed by atoms with van der Waals surface area (Å²) in [6, 6.07) is 4.14. The van der Waals surface area contributed by atoms with E-state index in [4.69, 9.17) is 42.6 Å². The van der Waals surface area contributed by atoms with Crippen molar-refractivity contribution in [1.82, 2.24) is 19.7 Å². The molecule has 2 aromatic rings. The summed E-state index contributed by atoms with van der Waals surface area (Å²) in [6.07, 6.45) is -8.74. The number of carbonyl (C=O) groups is 3. The second-order valence-electron chi connectivity index (χ2n) is 23.1. The van der Waals surface area contributed by atoms with Gasteiger partial charge in [0.25, 0.3) is 0 Å². The molecule has 22 heteroatoms. The van der Waals surface area contributed by atoms with Gasteiger partial charge in [0, 0.05) is 68.3 Å². The van der Waals surface area contributed by atoms with Gasteiger partial charge in [-0.25, -0.2) is 9.59 Å². The Morgan fingerprint density at radius 3 is 2.26 bits per heavy atom. The van der Waals surface area contributed by atoms with Crippen molar-refractivity contribution in [2.45, 2.75) is 199 Å². The van der Waals surface area contributed by atoms with Crippen LogP contribution in [0.3, 0.4) is 0 Å². The maximum atomic E-state index is 14.6. The highest BCUT2D eigenvalue weighted by Gasteiger charge is 2.54. The Morgan fingerprint density at radius 2 is 1.62 bits per heavy atom. The second-order valence-corrected chi connectivity index (χ2v) is 23.1. The molecule has 0 saturated carbocycles. The van der Waals surface area contributed by atoms with Crippen molar-refractivity contribution < 1.29 is 82.5 Å². The number of methoxy groups -OCH3 is 1. The van der Waals surface area contributed by atoms with Crippen LogP contribution in [0.2, 0.25) is 0 Å². The van der Waals surface area contributed by atoms with Crippen LogP contribution in [0, 0.1) is 29.6 Å². The summed E-state index contributed by atoms with van der Waals surface area (Å²) in [6.45, 7) is 20.8. The van der Waals surface area contributed by atoms with E-state index in [-0.39, 0.29) is 81.2 Å². The number of pyridine rings is 1. The van der Waals surface area contributed by atoms with Gasteiger partial charge in [0.15, 0.2) is 18.7 Å². The molecule has 1 amide bonds. The minimum Gasteiger partial charge on any atom is -0.477 e. The molecule has 1 aromatic heterocycles. The summed E-state index contributed by atoms with van der Waals surface area (Å²) in [4.78, 5) is 56.1. The molecule has 3 aliphatic heterocycles. The first-order valence-corrected chi connectivity index (χ1v) is 28.1. The van der Waals surface area contributed by atoms with Gasteiger partial charge in [-0.3, -0.25) is 9.59 Å². The van der Waals surface area contributed by atoms with E-state index in [2.05, 4.69) is 17.2 Å². The molecular weight excluding hydrogens is 1040 g/mol.